The highest BCUT2D eigenvalue weighted by Crippen LogP contribution is 2.34. The van der Waals surface area contributed by atoms with E-state index >= 15 is 0 Å². The Balaban J connectivity index is 1.41. The quantitative estimate of drug-likeness (QED) is 0.607. The van der Waals surface area contributed by atoms with Crippen LogP contribution in [0.25, 0.3) is 17.0 Å². The number of nitrogens with zero attached hydrogens (tertiary/aromatic N) is 4. The molecule has 0 saturated heterocycles. The van der Waals surface area contributed by atoms with E-state index in [-0.39, 0.29) is 11.9 Å². The lowest BCUT2D eigenvalue weighted by molar-refractivity contribution is 0.0930. The van der Waals surface area contributed by atoms with Crippen LogP contribution in [-0.2, 0) is 6.42 Å². The van der Waals surface area contributed by atoms with E-state index < -0.39 is 0 Å². The largest absolute Gasteiger partial charge is 0.364 e. The number of amides is 1. The van der Waals surface area contributed by atoms with Gasteiger partial charge in [-0.05, 0) is 42.5 Å². The molecule has 0 saturated carbocycles. The second kappa shape index (κ2) is 6.05. The van der Waals surface area contributed by atoms with Gasteiger partial charge in [0.25, 0.3) is 5.91 Å². The maximum absolute atomic E-state index is 12.8. The maximum Gasteiger partial charge on any atom is 0.270 e. The van der Waals surface area contributed by atoms with Gasteiger partial charge in [-0.15, -0.1) is 0 Å². The first kappa shape index (κ1) is 15.7. The van der Waals surface area contributed by atoms with Gasteiger partial charge in [-0.25, -0.2) is 9.97 Å². The van der Waals surface area contributed by atoms with Gasteiger partial charge in [0.05, 0.1) is 12.2 Å². The van der Waals surface area contributed by atoms with Crippen LogP contribution in [0.1, 0.15) is 39.6 Å². The molecule has 0 unspecified atom stereocenters. The molecule has 0 spiro atoms. The van der Waals surface area contributed by atoms with Gasteiger partial charge in [0.2, 0.25) is 5.78 Å². The van der Waals surface area contributed by atoms with Crippen molar-refractivity contribution < 1.29 is 9.32 Å². The second-order valence-electron chi connectivity index (χ2n) is 6.81. The molecule has 1 atom stereocenters. The fourth-order valence-corrected chi connectivity index (χ4v) is 3.66. The molecule has 1 aromatic carbocycles. The van der Waals surface area contributed by atoms with Gasteiger partial charge in [0, 0.05) is 24.0 Å². The third-order valence-electron chi connectivity index (χ3n) is 4.99. The van der Waals surface area contributed by atoms with Crippen LogP contribution >= 0.6 is 0 Å². The Morgan fingerprint density at radius 2 is 2.15 bits per heavy atom. The summed E-state index contributed by atoms with van der Waals surface area (Å²) < 4.78 is 6.66. The van der Waals surface area contributed by atoms with E-state index in [0.717, 1.165) is 35.2 Å². The first-order chi connectivity index (χ1) is 13.2. The van der Waals surface area contributed by atoms with Crippen molar-refractivity contribution in [2.24, 2.45) is 0 Å². The molecule has 7 nitrogen and oxygen atoms in total. The summed E-state index contributed by atoms with van der Waals surface area (Å²) in [5.41, 5.74) is 5.70. The van der Waals surface area contributed by atoms with Gasteiger partial charge in [-0.1, -0.05) is 17.3 Å². The molecule has 0 fully saturated rings. The smallest absolute Gasteiger partial charge is 0.270 e. The fraction of sp³-hybridized carbons (Fsp3) is 0.200. The van der Waals surface area contributed by atoms with Crippen LogP contribution in [0.5, 0.6) is 0 Å². The molecule has 1 N–H and O–H groups in total. The number of fused-ring (bicyclic) bond motifs is 2. The Kier molecular flexibility index (Phi) is 3.53. The van der Waals surface area contributed by atoms with Gasteiger partial charge >= 0.3 is 0 Å². The zero-order chi connectivity index (χ0) is 18.4. The predicted molar refractivity (Wildman–Crippen MR) is 98.2 cm³/mol. The molecule has 3 aromatic heterocycles. The van der Waals surface area contributed by atoms with E-state index in [1.807, 2.05) is 25.3 Å². The highest BCUT2D eigenvalue weighted by molar-refractivity contribution is 5.93. The lowest BCUT2D eigenvalue weighted by atomic mass is 10.0. The Morgan fingerprint density at radius 3 is 3.00 bits per heavy atom. The lowest BCUT2D eigenvalue weighted by Gasteiger charge is -2.14. The van der Waals surface area contributed by atoms with E-state index in [1.165, 1.54) is 5.56 Å². The number of imidazole rings is 1. The van der Waals surface area contributed by atoms with E-state index in [0.29, 0.717) is 11.5 Å². The van der Waals surface area contributed by atoms with Crippen LogP contribution in [0.4, 0.5) is 0 Å². The molecule has 0 bridgehead atoms. The number of hydrogen-bond acceptors (Lipinski definition) is 5. The van der Waals surface area contributed by atoms with Crippen molar-refractivity contribution in [2.75, 3.05) is 0 Å². The Bertz CT molecular complexity index is 1150. The summed E-state index contributed by atoms with van der Waals surface area (Å²) >= 11 is 0. The van der Waals surface area contributed by atoms with Crippen LogP contribution in [0, 0.1) is 6.92 Å². The van der Waals surface area contributed by atoms with Crippen molar-refractivity contribution in [3.05, 3.63) is 71.5 Å². The number of aryl methyl sites for hydroxylation is 2. The number of hydrogen-bond donors (Lipinski definition) is 1. The minimum atomic E-state index is -0.145. The summed E-state index contributed by atoms with van der Waals surface area (Å²) in [4.78, 5) is 21.3. The second-order valence-corrected chi connectivity index (χ2v) is 6.81. The molecular formula is C20H17N5O2. The SMILES string of the molecule is Cc1cnc2ncc(C(=O)N[C@@H]3CCc4cc(-c5ccon5)ccc43)n2c1. The molecule has 134 valence electrons. The first-order valence-corrected chi connectivity index (χ1v) is 8.83. The average Bonchev–Trinajstić information content (AvgIpc) is 3.41. The zero-order valence-electron chi connectivity index (χ0n) is 14.7. The first-order valence-electron chi connectivity index (χ1n) is 8.83. The molecule has 5 rings (SSSR count). The predicted octanol–water partition coefficient (Wildman–Crippen LogP) is 3.11. The van der Waals surface area contributed by atoms with Gasteiger partial charge in [-0.2, -0.15) is 0 Å². The normalized spacial score (nSPS) is 15.8. The Hall–Kier alpha value is -3.48. The van der Waals surface area contributed by atoms with Crippen molar-refractivity contribution in [1.29, 1.82) is 0 Å². The van der Waals surface area contributed by atoms with Crippen LogP contribution in [0.3, 0.4) is 0 Å². The number of rotatable bonds is 3. The zero-order valence-corrected chi connectivity index (χ0v) is 14.7. The van der Waals surface area contributed by atoms with E-state index in [9.17, 15) is 4.79 Å². The molecule has 1 amide bonds. The summed E-state index contributed by atoms with van der Waals surface area (Å²) in [6.45, 7) is 1.94. The number of carbonyl (C=O) groups excluding carboxylic acids is 1. The third-order valence-corrected chi connectivity index (χ3v) is 4.99. The highest BCUT2D eigenvalue weighted by Gasteiger charge is 2.26. The monoisotopic (exact) mass is 359 g/mol. The van der Waals surface area contributed by atoms with Crippen molar-refractivity contribution in [3.8, 4) is 11.3 Å². The topological polar surface area (TPSA) is 85.3 Å². The van der Waals surface area contributed by atoms with Gasteiger partial charge in [-0.3, -0.25) is 9.20 Å². The maximum atomic E-state index is 12.8. The van der Waals surface area contributed by atoms with Crippen LogP contribution in [0.15, 0.2) is 53.6 Å². The number of aromatic nitrogens is 4. The number of nitrogens with one attached hydrogen (secondary N) is 1. The average molecular weight is 359 g/mol. The standard InChI is InChI=1S/C20H17N5O2/c1-12-9-21-20-22-10-18(25(20)11-12)19(26)23-17-5-3-13-8-14(2-4-15(13)17)16-6-7-27-24-16/h2,4,6-11,17H,3,5H2,1H3,(H,23,26)/t17-/m1/s1. The van der Waals surface area contributed by atoms with Crippen molar-refractivity contribution >= 4 is 11.7 Å². The number of benzene rings is 1. The minimum Gasteiger partial charge on any atom is -0.364 e. The molecule has 1 aliphatic rings. The summed E-state index contributed by atoms with van der Waals surface area (Å²) in [5.74, 6) is 0.378. The molecule has 0 aliphatic heterocycles. The molecule has 27 heavy (non-hydrogen) atoms. The van der Waals surface area contributed by atoms with E-state index in [2.05, 4.69) is 32.6 Å². The summed E-state index contributed by atoms with van der Waals surface area (Å²) in [5, 5.41) is 7.13. The highest BCUT2D eigenvalue weighted by atomic mass is 16.5. The molecule has 1 aliphatic carbocycles. The molecule has 7 heteroatoms. The summed E-state index contributed by atoms with van der Waals surface area (Å²) in [7, 11) is 0. The fourth-order valence-electron chi connectivity index (χ4n) is 3.66. The van der Waals surface area contributed by atoms with Crippen LogP contribution in [0.2, 0.25) is 0 Å². The Labute approximate surface area is 155 Å². The summed E-state index contributed by atoms with van der Waals surface area (Å²) in [6, 6.07) is 8.04. The van der Waals surface area contributed by atoms with Crippen molar-refractivity contribution in [2.45, 2.75) is 25.8 Å². The van der Waals surface area contributed by atoms with Crippen molar-refractivity contribution in [1.82, 2.24) is 24.8 Å². The Morgan fingerprint density at radius 1 is 1.26 bits per heavy atom. The summed E-state index contributed by atoms with van der Waals surface area (Å²) in [6.07, 6.45) is 8.54. The molecular weight excluding hydrogens is 342 g/mol. The number of carbonyl (C=O) groups is 1. The van der Waals surface area contributed by atoms with E-state index in [1.54, 1.807) is 23.1 Å². The van der Waals surface area contributed by atoms with Crippen molar-refractivity contribution in [3.63, 3.8) is 0 Å². The molecule has 4 aromatic rings. The van der Waals surface area contributed by atoms with Gasteiger partial charge in [0.1, 0.15) is 17.7 Å². The molecule has 3 heterocycles. The third kappa shape index (κ3) is 2.68. The van der Waals surface area contributed by atoms with Gasteiger partial charge < -0.3 is 9.84 Å². The van der Waals surface area contributed by atoms with Crippen LogP contribution in [-0.4, -0.2) is 25.4 Å². The molecule has 0 radical (unpaired) electrons. The van der Waals surface area contributed by atoms with E-state index in [4.69, 9.17) is 4.52 Å². The van der Waals surface area contributed by atoms with Gasteiger partial charge in [0.15, 0.2) is 0 Å². The lowest BCUT2D eigenvalue weighted by Crippen LogP contribution is -2.28. The van der Waals surface area contributed by atoms with Crippen LogP contribution < -0.4 is 5.32 Å². The minimum absolute atomic E-state index is 0.0119.